The highest BCUT2D eigenvalue weighted by Crippen LogP contribution is 2.43. The largest absolute Gasteiger partial charge is 0.507 e. The molecule has 1 fully saturated rings. The highest BCUT2D eigenvalue weighted by Gasteiger charge is 2.46. The van der Waals surface area contributed by atoms with Gasteiger partial charge >= 0.3 is 5.97 Å². The van der Waals surface area contributed by atoms with Gasteiger partial charge in [-0.25, -0.2) is 4.39 Å². The number of nitrogens with zero attached hydrogens (tertiary/aromatic N) is 1. The second kappa shape index (κ2) is 9.32. The molecule has 0 bridgehead atoms. The average molecular weight is 455 g/mol. The molecule has 1 saturated heterocycles. The van der Waals surface area contributed by atoms with E-state index in [1.807, 2.05) is 0 Å². The second-order valence-electron chi connectivity index (χ2n) is 7.82. The number of hydrogen-bond donors (Lipinski definition) is 2. The van der Waals surface area contributed by atoms with Crippen LogP contribution in [0.15, 0.2) is 48.0 Å². The van der Waals surface area contributed by atoms with Gasteiger partial charge in [0.05, 0.1) is 11.6 Å². The van der Waals surface area contributed by atoms with Crippen LogP contribution in [0.3, 0.4) is 0 Å². The highest BCUT2D eigenvalue weighted by atomic mass is 19.1. The summed E-state index contributed by atoms with van der Waals surface area (Å²) in [5.41, 5.74) is 0.658. The van der Waals surface area contributed by atoms with E-state index in [9.17, 15) is 23.9 Å². The van der Waals surface area contributed by atoms with Crippen LogP contribution in [0.4, 0.5) is 4.39 Å². The zero-order valence-corrected chi connectivity index (χ0v) is 17.6. The lowest BCUT2D eigenvalue weighted by Crippen LogP contribution is -2.30. The Balaban J connectivity index is 1.70. The van der Waals surface area contributed by atoms with Crippen LogP contribution >= 0.6 is 0 Å². The molecule has 0 radical (unpaired) electrons. The van der Waals surface area contributed by atoms with E-state index in [4.69, 9.17) is 14.6 Å². The smallest absolute Gasteiger partial charge is 0.303 e. The standard InChI is InChI=1S/C24H22FNO7/c25-16-8-5-14(6-9-16)22(29)20-21(15-7-10-17-18(12-15)33-13-32-17)26(24(31)23(20)30)11-3-1-2-4-19(27)28/h5-10,12,21,29H,1-4,11,13H2,(H,27,28)/t21-/m0/s1. The molecule has 0 saturated carbocycles. The number of ketones is 1. The Bertz CT molecular complexity index is 1130. The summed E-state index contributed by atoms with van der Waals surface area (Å²) in [6, 6.07) is 9.12. The molecular formula is C24H22FNO7. The Morgan fingerprint density at radius 3 is 2.45 bits per heavy atom. The van der Waals surface area contributed by atoms with Gasteiger partial charge in [0.1, 0.15) is 11.6 Å². The fraction of sp³-hybridized carbons (Fsp3) is 0.292. The third-order valence-electron chi connectivity index (χ3n) is 5.66. The molecule has 8 nitrogen and oxygen atoms in total. The summed E-state index contributed by atoms with van der Waals surface area (Å²) >= 11 is 0. The Hall–Kier alpha value is -3.88. The molecule has 2 aliphatic rings. The number of aliphatic hydroxyl groups is 1. The minimum Gasteiger partial charge on any atom is -0.507 e. The summed E-state index contributed by atoms with van der Waals surface area (Å²) in [4.78, 5) is 38.0. The van der Waals surface area contributed by atoms with E-state index in [0.29, 0.717) is 36.3 Å². The second-order valence-corrected chi connectivity index (χ2v) is 7.82. The van der Waals surface area contributed by atoms with E-state index in [1.54, 1.807) is 18.2 Å². The number of carbonyl (C=O) groups excluding carboxylic acids is 2. The van der Waals surface area contributed by atoms with Crippen LogP contribution < -0.4 is 9.47 Å². The quantitative estimate of drug-likeness (QED) is 0.270. The normalized spacial score (nSPS) is 18.7. The molecule has 0 aliphatic carbocycles. The molecule has 1 amide bonds. The van der Waals surface area contributed by atoms with Crippen LogP contribution in [0.5, 0.6) is 11.5 Å². The lowest BCUT2D eigenvalue weighted by atomic mass is 9.95. The van der Waals surface area contributed by atoms with E-state index >= 15 is 0 Å². The number of benzene rings is 2. The van der Waals surface area contributed by atoms with Crippen LogP contribution in [0.1, 0.15) is 42.9 Å². The molecule has 4 rings (SSSR count). The van der Waals surface area contributed by atoms with Gasteiger partial charge < -0.3 is 24.6 Å². The maximum absolute atomic E-state index is 13.4. The fourth-order valence-electron chi connectivity index (χ4n) is 4.04. The molecule has 2 heterocycles. The average Bonchev–Trinajstić information content (AvgIpc) is 3.36. The van der Waals surface area contributed by atoms with Crippen molar-refractivity contribution in [1.82, 2.24) is 4.90 Å². The summed E-state index contributed by atoms with van der Waals surface area (Å²) in [5, 5.41) is 19.8. The van der Waals surface area contributed by atoms with Crippen molar-refractivity contribution >= 4 is 23.4 Å². The van der Waals surface area contributed by atoms with Gasteiger partial charge in [-0.05, 0) is 54.8 Å². The first-order chi connectivity index (χ1) is 15.9. The zero-order chi connectivity index (χ0) is 23.5. The summed E-state index contributed by atoms with van der Waals surface area (Å²) in [7, 11) is 0. The van der Waals surface area contributed by atoms with Crippen molar-refractivity contribution in [3.8, 4) is 11.5 Å². The van der Waals surface area contributed by atoms with Crippen LogP contribution in [0.2, 0.25) is 0 Å². The molecule has 0 spiro atoms. The topological polar surface area (TPSA) is 113 Å². The van der Waals surface area contributed by atoms with Gasteiger partial charge in [-0.15, -0.1) is 0 Å². The van der Waals surface area contributed by atoms with Crippen molar-refractivity contribution in [2.45, 2.75) is 31.7 Å². The van der Waals surface area contributed by atoms with E-state index < -0.39 is 35.3 Å². The number of ether oxygens (including phenoxy) is 2. The number of Topliss-reactive ketones (excluding diaryl/α,β-unsaturated/α-hetero) is 1. The van der Waals surface area contributed by atoms with Gasteiger partial charge in [0.15, 0.2) is 11.5 Å². The third-order valence-corrected chi connectivity index (χ3v) is 5.66. The summed E-state index contributed by atoms with van der Waals surface area (Å²) in [5.74, 6) is -2.41. The van der Waals surface area contributed by atoms with Gasteiger partial charge in [-0.2, -0.15) is 0 Å². The Labute approximate surface area is 188 Å². The number of aliphatic carboxylic acids is 1. The molecule has 33 heavy (non-hydrogen) atoms. The van der Waals surface area contributed by atoms with Crippen molar-refractivity contribution in [3.05, 3.63) is 65.0 Å². The van der Waals surface area contributed by atoms with Crippen LogP contribution in [-0.4, -0.2) is 46.1 Å². The number of hydrogen-bond acceptors (Lipinski definition) is 6. The number of halogens is 1. The Morgan fingerprint density at radius 2 is 1.73 bits per heavy atom. The minimum absolute atomic E-state index is 0.0228. The number of carbonyl (C=O) groups is 3. The first kappa shape index (κ1) is 22.3. The maximum Gasteiger partial charge on any atom is 0.303 e. The van der Waals surface area contributed by atoms with Gasteiger partial charge in [-0.3, -0.25) is 14.4 Å². The predicted octanol–water partition coefficient (Wildman–Crippen LogP) is 3.62. The maximum atomic E-state index is 13.4. The SMILES string of the molecule is O=C(O)CCCCCN1C(=O)C(=O)C(=C(O)c2ccc(F)cc2)[C@@H]1c1ccc2c(c1)OCO2. The zero-order valence-electron chi connectivity index (χ0n) is 17.6. The van der Waals surface area contributed by atoms with E-state index in [1.165, 1.54) is 17.0 Å². The molecule has 0 unspecified atom stereocenters. The number of rotatable bonds is 8. The van der Waals surface area contributed by atoms with Crippen molar-refractivity contribution in [3.63, 3.8) is 0 Å². The molecular weight excluding hydrogens is 433 g/mol. The number of carboxylic acids is 1. The summed E-state index contributed by atoms with van der Waals surface area (Å²) in [6.45, 7) is 0.252. The summed E-state index contributed by atoms with van der Waals surface area (Å²) in [6.07, 6.45) is 1.51. The predicted molar refractivity (Wildman–Crippen MR) is 114 cm³/mol. The Morgan fingerprint density at radius 1 is 1.00 bits per heavy atom. The molecule has 2 aromatic rings. The number of likely N-dealkylation sites (tertiary alicyclic amines) is 1. The summed E-state index contributed by atoms with van der Waals surface area (Å²) < 4.78 is 24.1. The van der Waals surface area contributed by atoms with Crippen LogP contribution in [-0.2, 0) is 14.4 Å². The Kier molecular flexibility index (Phi) is 6.30. The van der Waals surface area contributed by atoms with Crippen LogP contribution in [0, 0.1) is 5.82 Å². The minimum atomic E-state index is -0.893. The van der Waals surface area contributed by atoms with E-state index in [2.05, 4.69) is 0 Å². The van der Waals surface area contributed by atoms with Gasteiger partial charge in [-0.1, -0.05) is 12.5 Å². The van der Waals surface area contributed by atoms with Gasteiger partial charge in [0.2, 0.25) is 6.79 Å². The molecule has 2 aromatic carbocycles. The van der Waals surface area contributed by atoms with Crippen molar-refractivity contribution in [2.75, 3.05) is 13.3 Å². The number of amides is 1. The van der Waals surface area contributed by atoms with Gasteiger partial charge in [0.25, 0.3) is 11.7 Å². The molecule has 2 N–H and O–H groups in total. The number of carboxylic acid groups (broad SMARTS) is 1. The first-order valence-corrected chi connectivity index (χ1v) is 10.5. The molecule has 172 valence electrons. The fourth-order valence-corrected chi connectivity index (χ4v) is 4.04. The number of aliphatic hydroxyl groups excluding tert-OH is 1. The van der Waals surface area contributed by atoms with Gasteiger partial charge in [0, 0.05) is 18.5 Å². The lowest BCUT2D eigenvalue weighted by Gasteiger charge is -2.25. The molecule has 9 heteroatoms. The monoisotopic (exact) mass is 455 g/mol. The third kappa shape index (κ3) is 4.52. The molecule has 0 aromatic heterocycles. The van der Waals surface area contributed by atoms with E-state index in [-0.39, 0.29) is 30.9 Å². The van der Waals surface area contributed by atoms with Crippen molar-refractivity contribution < 1.29 is 38.5 Å². The number of fused-ring (bicyclic) bond motifs is 1. The van der Waals surface area contributed by atoms with E-state index in [0.717, 1.165) is 12.1 Å². The first-order valence-electron chi connectivity index (χ1n) is 10.5. The van der Waals surface area contributed by atoms with Crippen LogP contribution in [0.25, 0.3) is 5.76 Å². The highest BCUT2D eigenvalue weighted by molar-refractivity contribution is 6.46. The molecule has 1 atom stereocenters. The lowest BCUT2D eigenvalue weighted by molar-refractivity contribution is -0.140. The van der Waals surface area contributed by atoms with Crippen molar-refractivity contribution in [1.29, 1.82) is 0 Å². The molecule has 2 aliphatic heterocycles. The number of unbranched alkanes of at least 4 members (excludes halogenated alkanes) is 2. The van der Waals surface area contributed by atoms with Crippen molar-refractivity contribution in [2.24, 2.45) is 0 Å².